The Hall–Kier alpha value is -4.41. The summed E-state index contributed by atoms with van der Waals surface area (Å²) in [6, 6.07) is 9.82. The Kier molecular flexibility index (Phi) is 27.0. The van der Waals surface area contributed by atoms with E-state index < -0.39 is 28.5 Å². The standard InChI is InChI=1S/C51H89N5O9/c1-48(2,3)62-44(57)53(36-26-18-19-28-38-55(40-30-33-52)46(59)64-50(7,8)9)34-24-16-14-15-17-25-35-54(45(58)63-49(4,5)6)37-27-20-21-29-39-56(47(60)65-51(10,11)12)41-42-31-22-23-32-43(42)61-13/h22-23,31-32H,14-21,24-30,34-41H2,1-13H3. The SMILES string of the molecule is COc1ccccc1CN(CCCCCCN(CCCCCCCCN(CCCCCCN(CCC#N)C(=O)OC(C)(C)C)C(=O)OC(C)(C)C)C(=O)OC(C)(C)C)C(=O)OC(C)(C)C. The first-order chi connectivity index (χ1) is 30.3. The molecule has 14 heteroatoms. The Morgan fingerprint density at radius 2 is 0.723 bits per heavy atom. The van der Waals surface area contributed by atoms with Crippen LogP contribution >= 0.6 is 0 Å². The summed E-state index contributed by atoms with van der Waals surface area (Å²) in [6.07, 6.45) is 11.6. The van der Waals surface area contributed by atoms with Crippen LogP contribution in [0.5, 0.6) is 5.75 Å². The van der Waals surface area contributed by atoms with E-state index in [4.69, 9.17) is 28.9 Å². The van der Waals surface area contributed by atoms with E-state index in [-0.39, 0.29) is 24.7 Å². The molecule has 4 amide bonds. The van der Waals surface area contributed by atoms with Crippen LogP contribution in [0.1, 0.15) is 185 Å². The molecule has 14 nitrogen and oxygen atoms in total. The second kappa shape index (κ2) is 30.0. The molecule has 0 bridgehead atoms. The number of carbonyl (C=O) groups excluding carboxylic acids is 4. The van der Waals surface area contributed by atoms with Crippen molar-refractivity contribution in [3.05, 3.63) is 29.8 Å². The molecule has 0 atom stereocenters. The van der Waals surface area contributed by atoms with E-state index in [0.717, 1.165) is 101 Å². The molecule has 0 aliphatic heterocycles. The summed E-state index contributed by atoms with van der Waals surface area (Å²) >= 11 is 0. The number of rotatable bonds is 28. The molecular formula is C51H89N5O9. The maximum atomic E-state index is 13.2. The van der Waals surface area contributed by atoms with Crippen molar-refractivity contribution in [2.24, 2.45) is 0 Å². The van der Waals surface area contributed by atoms with Crippen LogP contribution in [0.15, 0.2) is 24.3 Å². The molecule has 0 fully saturated rings. The van der Waals surface area contributed by atoms with E-state index in [9.17, 15) is 19.2 Å². The molecule has 0 spiro atoms. The van der Waals surface area contributed by atoms with Crippen LogP contribution in [-0.4, -0.2) is 119 Å². The minimum Gasteiger partial charge on any atom is -0.496 e. The highest BCUT2D eigenvalue weighted by molar-refractivity contribution is 5.69. The zero-order valence-electron chi connectivity index (χ0n) is 43.0. The summed E-state index contributed by atoms with van der Waals surface area (Å²) in [5.74, 6) is 0.735. The van der Waals surface area contributed by atoms with Gasteiger partial charge < -0.3 is 43.3 Å². The molecule has 0 aliphatic rings. The minimum absolute atomic E-state index is 0.257. The third kappa shape index (κ3) is 29.7. The van der Waals surface area contributed by atoms with Gasteiger partial charge in [0.25, 0.3) is 0 Å². The van der Waals surface area contributed by atoms with Crippen molar-refractivity contribution in [3.63, 3.8) is 0 Å². The van der Waals surface area contributed by atoms with E-state index in [1.54, 1.807) is 16.9 Å². The predicted molar refractivity (Wildman–Crippen MR) is 258 cm³/mol. The fraction of sp³-hybridized carbons (Fsp3) is 0.784. The number of hydrogen-bond donors (Lipinski definition) is 0. The molecular weight excluding hydrogens is 827 g/mol. The summed E-state index contributed by atoms with van der Waals surface area (Å²) < 4.78 is 28.3. The maximum absolute atomic E-state index is 13.2. The van der Waals surface area contributed by atoms with Crippen LogP contribution in [0.2, 0.25) is 0 Å². The molecule has 1 aromatic carbocycles. The Labute approximate surface area is 393 Å². The van der Waals surface area contributed by atoms with Gasteiger partial charge in [0, 0.05) is 51.4 Å². The largest absolute Gasteiger partial charge is 0.496 e. The third-order valence-electron chi connectivity index (χ3n) is 9.97. The number of methoxy groups -OCH3 is 1. The van der Waals surface area contributed by atoms with Crippen LogP contribution in [0.4, 0.5) is 19.2 Å². The van der Waals surface area contributed by atoms with E-state index >= 15 is 0 Å². The van der Waals surface area contributed by atoms with Gasteiger partial charge in [-0.3, -0.25) is 0 Å². The number of carbonyl (C=O) groups is 4. The molecule has 0 aromatic heterocycles. The van der Waals surface area contributed by atoms with Crippen molar-refractivity contribution in [3.8, 4) is 11.8 Å². The van der Waals surface area contributed by atoms with Crippen LogP contribution in [-0.2, 0) is 25.5 Å². The number of hydrogen-bond acceptors (Lipinski definition) is 10. The lowest BCUT2D eigenvalue weighted by Gasteiger charge is -2.28. The molecule has 0 unspecified atom stereocenters. The molecule has 0 radical (unpaired) electrons. The second-order valence-electron chi connectivity index (χ2n) is 21.0. The average Bonchev–Trinajstić information content (AvgIpc) is 3.17. The molecule has 0 saturated carbocycles. The summed E-state index contributed by atoms with van der Waals surface area (Å²) in [4.78, 5) is 59.1. The molecule has 372 valence electrons. The predicted octanol–water partition coefficient (Wildman–Crippen LogP) is 12.5. The van der Waals surface area contributed by atoms with Gasteiger partial charge in [-0.2, -0.15) is 5.26 Å². The van der Waals surface area contributed by atoms with Crippen molar-refractivity contribution >= 4 is 24.4 Å². The lowest BCUT2D eigenvalue weighted by molar-refractivity contribution is 0.0217. The molecule has 1 aromatic rings. The van der Waals surface area contributed by atoms with Crippen molar-refractivity contribution in [1.29, 1.82) is 5.26 Å². The number of unbranched alkanes of at least 4 members (excludes halogenated alkanes) is 11. The summed E-state index contributed by atoms with van der Waals surface area (Å²) in [6.45, 7) is 26.7. The van der Waals surface area contributed by atoms with Gasteiger partial charge in [0.2, 0.25) is 0 Å². The van der Waals surface area contributed by atoms with Crippen molar-refractivity contribution in [2.75, 3.05) is 52.9 Å². The quantitative estimate of drug-likeness (QED) is 0.0587. The number of amides is 4. The number of nitrogens with zero attached hydrogens (tertiary/aromatic N) is 5. The van der Waals surface area contributed by atoms with Crippen LogP contribution < -0.4 is 4.74 Å². The highest BCUT2D eigenvalue weighted by atomic mass is 16.6. The van der Waals surface area contributed by atoms with Gasteiger partial charge in [0.1, 0.15) is 28.2 Å². The van der Waals surface area contributed by atoms with Crippen LogP contribution in [0.25, 0.3) is 0 Å². The van der Waals surface area contributed by atoms with Gasteiger partial charge >= 0.3 is 24.4 Å². The highest BCUT2D eigenvalue weighted by Crippen LogP contribution is 2.22. The lowest BCUT2D eigenvalue weighted by Crippen LogP contribution is -2.38. The second-order valence-corrected chi connectivity index (χ2v) is 21.0. The van der Waals surface area contributed by atoms with Crippen LogP contribution in [0.3, 0.4) is 0 Å². The van der Waals surface area contributed by atoms with E-state index in [2.05, 4.69) is 6.07 Å². The van der Waals surface area contributed by atoms with Crippen LogP contribution in [0, 0.1) is 11.3 Å². The molecule has 0 saturated heterocycles. The first kappa shape index (κ1) is 58.6. The Morgan fingerprint density at radius 3 is 1.03 bits per heavy atom. The highest BCUT2D eigenvalue weighted by Gasteiger charge is 2.26. The fourth-order valence-electron chi connectivity index (χ4n) is 6.88. The number of ether oxygens (including phenoxy) is 5. The summed E-state index contributed by atoms with van der Waals surface area (Å²) in [5.41, 5.74) is -1.45. The monoisotopic (exact) mass is 916 g/mol. The molecule has 0 N–H and O–H groups in total. The molecule has 0 heterocycles. The smallest absolute Gasteiger partial charge is 0.410 e. The van der Waals surface area contributed by atoms with Crippen molar-refractivity contribution in [1.82, 2.24) is 19.6 Å². The summed E-state index contributed by atoms with van der Waals surface area (Å²) in [5, 5.41) is 9.04. The third-order valence-corrected chi connectivity index (χ3v) is 9.97. The topological polar surface area (TPSA) is 151 Å². The van der Waals surface area contributed by atoms with E-state index in [0.29, 0.717) is 52.4 Å². The lowest BCUT2D eigenvalue weighted by atomic mass is 10.1. The minimum atomic E-state index is -0.603. The summed E-state index contributed by atoms with van der Waals surface area (Å²) in [7, 11) is 1.63. The number of nitriles is 1. The van der Waals surface area contributed by atoms with E-state index in [1.165, 1.54) is 0 Å². The van der Waals surface area contributed by atoms with E-state index in [1.807, 2.05) is 117 Å². The molecule has 1 rings (SSSR count). The fourth-order valence-corrected chi connectivity index (χ4v) is 6.88. The van der Waals surface area contributed by atoms with Gasteiger partial charge in [-0.1, -0.05) is 69.6 Å². The van der Waals surface area contributed by atoms with Gasteiger partial charge in [-0.05, 0) is 128 Å². The zero-order valence-corrected chi connectivity index (χ0v) is 43.0. The first-order valence-electron chi connectivity index (χ1n) is 24.2. The van der Waals surface area contributed by atoms with Gasteiger partial charge in [-0.15, -0.1) is 0 Å². The zero-order chi connectivity index (χ0) is 49.1. The van der Waals surface area contributed by atoms with Gasteiger partial charge in [0.15, 0.2) is 0 Å². The first-order valence-corrected chi connectivity index (χ1v) is 24.2. The Bertz CT molecular complexity index is 1570. The number of para-hydroxylation sites is 1. The average molecular weight is 916 g/mol. The van der Waals surface area contributed by atoms with Crippen molar-refractivity contribution in [2.45, 2.75) is 208 Å². The molecule has 65 heavy (non-hydrogen) atoms. The van der Waals surface area contributed by atoms with Gasteiger partial charge in [0.05, 0.1) is 26.1 Å². The molecule has 0 aliphatic carbocycles. The Morgan fingerprint density at radius 1 is 0.446 bits per heavy atom. The maximum Gasteiger partial charge on any atom is 0.410 e. The van der Waals surface area contributed by atoms with Gasteiger partial charge in [-0.25, -0.2) is 19.2 Å². The normalized spacial score (nSPS) is 11.9. The van der Waals surface area contributed by atoms with Crippen molar-refractivity contribution < 1.29 is 42.9 Å². The Balaban J connectivity index is 2.60. The number of benzene rings is 1.